The molecule has 1 aromatic heterocycles. The minimum Gasteiger partial charge on any atom is -0.463 e. The number of furan rings is 1. The van der Waals surface area contributed by atoms with Gasteiger partial charge in [0.15, 0.2) is 5.96 Å². The highest BCUT2D eigenvalue weighted by Gasteiger charge is 2.32. The van der Waals surface area contributed by atoms with Gasteiger partial charge in [-0.1, -0.05) is 0 Å². The second-order valence-electron chi connectivity index (χ2n) is 7.93. The van der Waals surface area contributed by atoms with Crippen LogP contribution < -0.4 is 10.6 Å². The number of aliphatic imine (C=N–C) groups is 1. The summed E-state index contributed by atoms with van der Waals surface area (Å²) in [5.74, 6) is 2.21. The highest BCUT2D eigenvalue weighted by atomic mass is 19.4. The van der Waals surface area contributed by atoms with E-state index in [4.69, 9.17) is 4.42 Å². The van der Waals surface area contributed by atoms with Crippen molar-refractivity contribution in [2.45, 2.75) is 51.8 Å². The van der Waals surface area contributed by atoms with Crippen molar-refractivity contribution in [1.29, 1.82) is 0 Å². The molecule has 0 bridgehead atoms. The van der Waals surface area contributed by atoms with Gasteiger partial charge in [0, 0.05) is 13.1 Å². The monoisotopic (exact) mass is 418 g/mol. The molecule has 29 heavy (non-hydrogen) atoms. The molecule has 0 radical (unpaired) electrons. The molecular formula is C20H33F3N4O2. The average Bonchev–Trinajstić information content (AvgIpc) is 3.07. The first kappa shape index (κ1) is 23.5. The van der Waals surface area contributed by atoms with E-state index in [2.05, 4.69) is 15.6 Å². The Bertz CT molecular complexity index is 650. The zero-order valence-corrected chi connectivity index (χ0v) is 17.5. The molecule has 1 aliphatic heterocycles. The lowest BCUT2D eigenvalue weighted by Crippen LogP contribution is -2.42. The second-order valence-corrected chi connectivity index (χ2v) is 7.93. The molecule has 1 unspecified atom stereocenters. The van der Waals surface area contributed by atoms with Crippen molar-refractivity contribution in [3.8, 4) is 0 Å². The van der Waals surface area contributed by atoms with Crippen LogP contribution in [-0.4, -0.2) is 61.4 Å². The van der Waals surface area contributed by atoms with Crippen molar-refractivity contribution in [3.05, 3.63) is 23.7 Å². The van der Waals surface area contributed by atoms with Gasteiger partial charge in [-0.05, 0) is 71.2 Å². The molecular weight excluding hydrogens is 385 g/mol. The highest BCUT2D eigenvalue weighted by molar-refractivity contribution is 5.79. The van der Waals surface area contributed by atoms with E-state index in [1.165, 1.54) is 4.90 Å². The van der Waals surface area contributed by atoms with E-state index in [0.29, 0.717) is 43.8 Å². The molecule has 1 aliphatic rings. The van der Waals surface area contributed by atoms with E-state index in [-0.39, 0.29) is 6.54 Å². The molecule has 0 spiro atoms. The minimum atomic E-state index is -4.12. The Morgan fingerprint density at radius 1 is 1.28 bits per heavy atom. The van der Waals surface area contributed by atoms with Gasteiger partial charge < -0.3 is 20.2 Å². The van der Waals surface area contributed by atoms with Crippen LogP contribution in [-0.2, 0) is 5.60 Å². The third kappa shape index (κ3) is 8.26. The summed E-state index contributed by atoms with van der Waals surface area (Å²) in [7, 11) is 0. The second kappa shape index (κ2) is 10.3. The fraction of sp³-hybridized carbons (Fsp3) is 0.750. The van der Waals surface area contributed by atoms with Gasteiger partial charge in [-0.3, -0.25) is 4.90 Å². The first-order valence-electron chi connectivity index (χ1n) is 10.2. The number of nitrogens with one attached hydrogen (secondary N) is 2. The molecule has 0 aromatic carbocycles. The van der Waals surface area contributed by atoms with Crippen molar-refractivity contribution in [3.63, 3.8) is 0 Å². The van der Waals surface area contributed by atoms with E-state index >= 15 is 0 Å². The molecule has 0 saturated carbocycles. The summed E-state index contributed by atoms with van der Waals surface area (Å²) in [6, 6.07) is 3.55. The van der Waals surface area contributed by atoms with Crippen LogP contribution in [0.25, 0.3) is 0 Å². The summed E-state index contributed by atoms with van der Waals surface area (Å²) in [6.07, 6.45) is -1.70. The van der Waals surface area contributed by atoms with Crippen LogP contribution >= 0.6 is 0 Å². The maximum Gasteiger partial charge on any atom is 0.401 e. The molecule has 2 heterocycles. The van der Waals surface area contributed by atoms with Crippen LogP contribution in [0.15, 0.2) is 21.5 Å². The van der Waals surface area contributed by atoms with E-state index in [1.807, 2.05) is 13.8 Å². The molecule has 3 N–H and O–H groups in total. The number of hydrogen-bond acceptors (Lipinski definition) is 4. The number of nitrogens with zero attached hydrogens (tertiary/aromatic N) is 2. The molecule has 1 fully saturated rings. The molecule has 2 rings (SSSR count). The summed E-state index contributed by atoms with van der Waals surface area (Å²) in [4.78, 5) is 5.94. The largest absolute Gasteiger partial charge is 0.463 e. The smallest absolute Gasteiger partial charge is 0.401 e. The fourth-order valence-corrected chi connectivity index (χ4v) is 3.46. The predicted molar refractivity (Wildman–Crippen MR) is 107 cm³/mol. The standard InChI is InChI=1S/C20H33F3N4O2/c1-4-24-18(26-13-19(3,28)17-6-5-15(2)29-17)25-10-7-16-8-11-27(12-9-16)14-20(21,22)23/h5-6,16,28H,4,7-14H2,1-3H3,(H2,24,25,26). The van der Waals surface area contributed by atoms with Crippen molar-refractivity contribution in [2.24, 2.45) is 10.9 Å². The Morgan fingerprint density at radius 3 is 2.52 bits per heavy atom. The molecule has 1 aromatic rings. The van der Waals surface area contributed by atoms with Crippen LogP contribution in [0.2, 0.25) is 0 Å². The Kier molecular flexibility index (Phi) is 8.39. The zero-order chi connectivity index (χ0) is 21.5. The number of guanidine groups is 1. The highest BCUT2D eigenvalue weighted by Crippen LogP contribution is 2.24. The quantitative estimate of drug-likeness (QED) is 0.447. The van der Waals surface area contributed by atoms with Gasteiger partial charge in [-0.15, -0.1) is 0 Å². The van der Waals surface area contributed by atoms with Gasteiger partial charge >= 0.3 is 6.18 Å². The first-order chi connectivity index (χ1) is 13.6. The minimum absolute atomic E-state index is 0.144. The normalized spacial score (nSPS) is 19.2. The Balaban J connectivity index is 1.77. The summed E-state index contributed by atoms with van der Waals surface area (Å²) in [5, 5.41) is 17.0. The van der Waals surface area contributed by atoms with Crippen molar-refractivity contribution >= 4 is 5.96 Å². The van der Waals surface area contributed by atoms with Crippen LogP contribution in [0.5, 0.6) is 0 Å². The van der Waals surface area contributed by atoms with Crippen LogP contribution in [0, 0.1) is 12.8 Å². The van der Waals surface area contributed by atoms with Gasteiger partial charge in [0.25, 0.3) is 0 Å². The number of likely N-dealkylation sites (tertiary alicyclic amines) is 1. The lowest BCUT2D eigenvalue weighted by Gasteiger charge is -2.32. The van der Waals surface area contributed by atoms with Crippen molar-refractivity contribution in [1.82, 2.24) is 15.5 Å². The van der Waals surface area contributed by atoms with Crippen molar-refractivity contribution < 1.29 is 22.7 Å². The molecule has 6 nitrogen and oxygen atoms in total. The van der Waals surface area contributed by atoms with Gasteiger partial charge in [-0.2, -0.15) is 13.2 Å². The van der Waals surface area contributed by atoms with E-state index in [1.54, 1.807) is 19.1 Å². The summed E-state index contributed by atoms with van der Waals surface area (Å²) < 4.78 is 42.9. The Morgan fingerprint density at radius 2 is 1.97 bits per heavy atom. The van der Waals surface area contributed by atoms with Crippen molar-refractivity contribution in [2.75, 3.05) is 39.3 Å². The Hall–Kier alpha value is -1.74. The van der Waals surface area contributed by atoms with Crippen LogP contribution in [0.3, 0.4) is 0 Å². The van der Waals surface area contributed by atoms with E-state index in [9.17, 15) is 18.3 Å². The molecule has 0 aliphatic carbocycles. The fourth-order valence-electron chi connectivity index (χ4n) is 3.46. The molecule has 1 saturated heterocycles. The predicted octanol–water partition coefficient (Wildman–Crippen LogP) is 3.02. The molecule has 0 amide bonds. The van der Waals surface area contributed by atoms with Crippen LogP contribution in [0.4, 0.5) is 13.2 Å². The number of halogens is 3. The maximum atomic E-state index is 12.5. The zero-order valence-electron chi connectivity index (χ0n) is 17.5. The third-order valence-electron chi connectivity index (χ3n) is 5.12. The topological polar surface area (TPSA) is 73.0 Å². The first-order valence-corrected chi connectivity index (χ1v) is 10.2. The van der Waals surface area contributed by atoms with Crippen LogP contribution in [0.1, 0.15) is 44.6 Å². The number of aliphatic hydroxyl groups is 1. The number of hydrogen-bond donors (Lipinski definition) is 3. The number of alkyl halides is 3. The lowest BCUT2D eigenvalue weighted by atomic mass is 9.93. The molecule has 166 valence electrons. The van der Waals surface area contributed by atoms with Gasteiger partial charge in [0.2, 0.25) is 0 Å². The SMILES string of the molecule is CCNC(=NCC(C)(O)c1ccc(C)o1)NCCC1CCN(CC(F)(F)F)CC1. The molecule has 1 atom stereocenters. The molecule has 9 heteroatoms. The lowest BCUT2D eigenvalue weighted by molar-refractivity contribution is -0.148. The summed E-state index contributed by atoms with van der Waals surface area (Å²) in [5.41, 5.74) is -1.21. The third-order valence-corrected chi connectivity index (χ3v) is 5.12. The van der Waals surface area contributed by atoms with E-state index in [0.717, 1.165) is 25.0 Å². The Labute approximate surface area is 170 Å². The summed E-state index contributed by atoms with van der Waals surface area (Å²) >= 11 is 0. The number of rotatable bonds is 8. The van der Waals surface area contributed by atoms with Gasteiger partial charge in [0.05, 0.1) is 13.1 Å². The van der Waals surface area contributed by atoms with Gasteiger partial charge in [-0.25, -0.2) is 4.99 Å². The number of aryl methyl sites for hydroxylation is 1. The number of piperidine rings is 1. The average molecular weight is 419 g/mol. The maximum absolute atomic E-state index is 12.5. The van der Waals surface area contributed by atoms with Gasteiger partial charge in [0.1, 0.15) is 17.1 Å². The van der Waals surface area contributed by atoms with E-state index < -0.39 is 18.3 Å². The summed E-state index contributed by atoms with van der Waals surface area (Å²) in [6.45, 7) is 7.11.